The number of amides is 1. The number of aromatic nitrogens is 1. The first-order valence-electron chi connectivity index (χ1n) is 15.7. The number of hydrogen-bond acceptors (Lipinski definition) is 7. The minimum atomic E-state index is -3.65. The van der Waals surface area contributed by atoms with Gasteiger partial charge in [-0.05, 0) is 86.2 Å². The summed E-state index contributed by atoms with van der Waals surface area (Å²) in [5, 5.41) is 34.7. The van der Waals surface area contributed by atoms with Gasteiger partial charge in [-0.25, -0.2) is 21.5 Å². The number of aliphatic hydroxyl groups is 2. The van der Waals surface area contributed by atoms with Gasteiger partial charge in [0.1, 0.15) is 17.3 Å². The predicted molar refractivity (Wildman–Crippen MR) is 179 cm³/mol. The monoisotopic (exact) mass is 719 g/mol. The van der Waals surface area contributed by atoms with Crippen molar-refractivity contribution in [2.24, 2.45) is 0 Å². The summed E-state index contributed by atoms with van der Waals surface area (Å²) in [6.07, 6.45) is -3.00. The van der Waals surface area contributed by atoms with Crippen molar-refractivity contribution in [1.82, 2.24) is 14.2 Å². The number of carboxylic acid groups (broad SMARTS) is 1. The van der Waals surface area contributed by atoms with Crippen LogP contribution in [-0.2, 0) is 27.8 Å². The first-order chi connectivity index (χ1) is 23.1. The van der Waals surface area contributed by atoms with Crippen molar-refractivity contribution in [1.29, 1.82) is 0 Å². The first kappa shape index (κ1) is 41.0. The number of carboxylic acids is 1. The van der Waals surface area contributed by atoms with Crippen LogP contribution in [0, 0.1) is 11.6 Å². The zero-order chi connectivity index (χ0) is 36.0. The minimum absolute atomic E-state index is 0. The molecule has 0 aliphatic heterocycles. The molecule has 0 saturated carbocycles. The van der Waals surface area contributed by atoms with Crippen LogP contribution in [0.2, 0.25) is 0 Å². The summed E-state index contributed by atoms with van der Waals surface area (Å²) >= 11 is 0. The number of sulfonamides is 1. The average Bonchev–Trinajstić information content (AvgIpc) is 3.38. The quantitative estimate of drug-likeness (QED) is 0.156. The van der Waals surface area contributed by atoms with E-state index >= 15 is 0 Å². The molecule has 4 rings (SSSR count). The molecule has 0 unspecified atom stereocenters. The van der Waals surface area contributed by atoms with Crippen LogP contribution in [0.5, 0.6) is 0 Å². The van der Waals surface area contributed by atoms with Gasteiger partial charge in [0.05, 0.1) is 17.1 Å². The fraction of sp³-hybridized carbons (Fsp3) is 0.333. The van der Waals surface area contributed by atoms with E-state index in [4.69, 9.17) is 0 Å². The Balaban J connectivity index is 0.00000676. The molecule has 0 saturated heterocycles. The van der Waals surface area contributed by atoms with Gasteiger partial charge < -0.3 is 30.0 Å². The van der Waals surface area contributed by atoms with Crippen molar-refractivity contribution < 1.29 is 71.7 Å². The second-order valence-corrected chi connectivity index (χ2v) is 14.4. The molecule has 1 aromatic heterocycles. The Labute approximate surface area is 313 Å². The number of carbonyl (C=O) groups is 2. The Bertz CT molecular complexity index is 1880. The minimum Gasteiger partial charge on any atom is -0.550 e. The fourth-order valence-electron chi connectivity index (χ4n) is 5.77. The van der Waals surface area contributed by atoms with Crippen LogP contribution in [0.3, 0.4) is 0 Å². The Morgan fingerprint density at radius 1 is 0.860 bits per heavy atom. The summed E-state index contributed by atoms with van der Waals surface area (Å²) in [5.74, 6) is -2.89. The number of halogens is 2. The van der Waals surface area contributed by atoms with Gasteiger partial charge in [0.2, 0.25) is 10.0 Å². The number of carbonyl (C=O) groups excluding carboxylic acids is 2. The van der Waals surface area contributed by atoms with E-state index in [1.165, 1.54) is 62.6 Å². The van der Waals surface area contributed by atoms with E-state index in [2.05, 4.69) is 5.32 Å². The maximum absolute atomic E-state index is 14.2. The molecule has 10 nitrogen and oxygen atoms in total. The van der Waals surface area contributed by atoms with Crippen LogP contribution < -0.4 is 40.0 Å². The molecule has 3 N–H and O–H groups in total. The van der Waals surface area contributed by atoms with Crippen molar-refractivity contribution in [3.63, 3.8) is 0 Å². The van der Waals surface area contributed by atoms with Crippen LogP contribution in [0.4, 0.5) is 8.78 Å². The summed E-state index contributed by atoms with van der Waals surface area (Å²) < 4.78 is 56.2. The standard InChI is InChI=1S/C36H41F2N3O7S.Na/c1-22(2)41-31(18-15-28(42)19-29(43)20-32(44)45)33(24-7-11-26(37)12-8-24)34(25-9-13-27(38)14-10-25)35(41)36(46)39-21-23-5-16-30(17-6-23)49(47,48)40(3)4;/h5-14,16-17,22,28-29,42-43H,15,18-21H2,1-4H3,(H,39,46)(H,44,45);/q;+1/p-1/t28-,29-;/m1./s1. The molecule has 262 valence electrons. The van der Waals surface area contributed by atoms with Crippen LogP contribution in [0.25, 0.3) is 22.3 Å². The molecule has 50 heavy (non-hydrogen) atoms. The molecule has 0 aliphatic carbocycles. The smallest absolute Gasteiger partial charge is 0.550 e. The number of hydrogen-bond donors (Lipinski definition) is 3. The second kappa shape index (κ2) is 17.7. The first-order valence-corrected chi connectivity index (χ1v) is 17.2. The molecule has 1 amide bonds. The number of aliphatic hydroxyl groups excluding tert-OH is 2. The molecule has 4 aromatic rings. The molecule has 0 radical (unpaired) electrons. The van der Waals surface area contributed by atoms with Gasteiger partial charge >= 0.3 is 29.6 Å². The van der Waals surface area contributed by atoms with Crippen molar-refractivity contribution in [2.75, 3.05) is 14.1 Å². The van der Waals surface area contributed by atoms with Gasteiger partial charge in [0.15, 0.2) is 0 Å². The van der Waals surface area contributed by atoms with Crippen molar-refractivity contribution in [3.05, 3.63) is 101 Å². The van der Waals surface area contributed by atoms with Crippen LogP contribution in [0.15, 0.2) is 77.7 Å². The summed E-state index contributed by atoms with van der Waals surface area (Å²) in [4.78, 5) is 25.3. The zero-order valence-electron chi connectivity index (χ0n) is 28.7. The maximum atomic E-state index is 14.2. The van der Waals surface area contributed by atoms with Crippen LogP contribution in [-0.4, -0.2) is 65.7 Å². The Kier molecular flexibility index (Phi) is 14.5. The number of aliphatic carboxylic acids is 1. The third-order valence-corrected chi connectivity index (χ3v) is 9.95. The van der Waals surface area contributed by atoms with Gasteiger partial charge in [-0.1, -0.05) is 36.4 Å². The third-order valence-electron chi connectivity index (χ3n) is 8.12. The van der Waals surface area contributed by atoms with E-state index in [9.17, 15) is 42.1 Å². The molecular formula is C36H40F2N3NaO7S. The van der Waals surface area contributed by atoms with Gasteiger partial charge in [-0.3, -0.25) is 4.79 Å². The van der Waals surface area contributed by atoms with E-state index in [0.29, 0.717) is 33.5 Å². The van der Waals surface area contributed by atoms with E-state index in [-0.39, 0.29) is 72.0 Å². The predicted octanol–water partition coefficient (Wildman–Crippen LogP) is 1.05. The zero-order valence-corrected chi connectivity index (χ0v) is 31.5. The Hall–Kier alpha value is -3.43. The van der Waals surface area contributed by atoms with Crippen molar-refractivity contribution in [2.45, 2.75) is 69.2 Å². The summed E-state index contributed by atoms with van der Waals surface area (Å²) in [6.45, 7) is 3.78. The Morgan fingerprint density at radius 2 is 1.38 bits per heavy atom. The second-order valence-electron chi connectivity index (χ2n) is 12.3. The van der Waals surface area contributed by atoms with Gasteiger partial charge in [-0.2, -0.15) is 0 Å². The molecule has 0 spiro atoms. The molecule has 0 aliphatic rings. The van der Waals surface area contributed by atoms with E-state index in [1.807, 2.05) is 18.4 Å². The maximum Gasteiger partial charge on any atom is 1.00 e. The number of rotatable bonds is 15. The number of nitrogens with zero attached hydrogens (tertiary/aromatic N) is 2. The molecule has 14 heteroatoms. The van der Waals surface area contributed by atoms with Crippen molar-refractivity contribution in [3.8, 4) is 22.3 Å². The molecule has 0 bridgehead atoms. The number of benzene rings is 3. The van der Waals surface area contributed by atoms with Gasteiger partial charge in [0.25, 0.3) is 5.91 Å². The van der Waals surface area contributed by atoms with E-state index in [1.54, 1.807) is 24.3 Å². The SMILES string of the molecule is CC(C)n1c(CC[C@@H](O)C[C@@H](O)CC(=O)[O-])c(-c2ccc(F)cc2)c(-c2ccc(F)cc2)c1C(=O)NCc1ccc(S(=O)(=O)N(C)C)cc1.[Na+]. The van der Waals surface area contributed by atoms with E-state index in [0.717, 1.165) is 4.31 Å². The summed E-state index contributed by atoms with van der Waals surface area (Å²) in [7, 11) is -0.781. The molecule has 0 fully saturated rings. The fourth-order valence-corrected chi connectivity index (χ4v) is 6.67. The molecule has 2 atom stereocenters. The van der Waals surface area contributed by atoms with Gasteiger partial charge in [-0.15, -0.1) is 0 Å². The van der Waals surface area contributed by atoms with Gasteiger partial charge in [0, 0.05) is 55.9 Å². The molecule has 3 aromatic carbocycles. The Morgan fingerprint density at radius 3 is 1.86 bits per heavy atom. The third kappa shape index (κ3) is 9.87. The topological polar surface area (TPSA) is 152 Å². The number of nitrogens with one attached hydrogen (secondary N) is 1. The molecule has 1 heterocycles. The van der Waals surface area contributed by atoms with Crippen LogP contribution >= 0.6 is 0 Å². The van der Waals surface area contributed by atoms with E-state index < -0.39 is 52.2 Å². The molecular weight excluding hydrogens is 679 g/mol. The normalized spacial score (nSPS) is 12.8. The summed E-state index contributed by atoms with van der Waals surface area (Å²) in [5.41, 5.74) is 3.56. The van der Waals surface area contributed by atoms with Crippen molar-refractivity contribution >= 4 is 21.9 Å². The largest absolute Gasteiger partial charge is 1.00 e. The summed E-state index contributed by atoms with van der Waals surface area (Å²) in [6, 6.07) is 17.1. The average molecular weight is 720 g/mol. The van der Waals surface area contributed by atoms with Crippen LogP contribution in [0.1, 0.15) is 60.9 Å².